The van der Waals surface area contributed by atoms with Gasteiger partial charge in [-0.15, -0.1) is 0 Å². The number of amides is 1. The third-order valence-corrected chi connectivity index (χ3v) is 4.88. The van der Waals surface area contributed by atoms with E-state index in [1.165, 1.54) is 0 Å². The molecule has 0 aliphatic carbocycles. The van der Waals surface area contributed by atoms with Crippen LogP contribution in [0.25, 0.3) is 0 Å². The number of pyridine rings is 1. The molecular formula is C18H20BrN3O. The molecule has 4 nitrogen and oxygen atoms in total. The molecule has 1 aliphatic rings. The second kappa shape index (κ2) is 7.13. The number of nitrogens with one attached hydrogen (secondary N) is 1. The Bertz CT molecular complexity index is 698. The zero-order valence-electron chi connectivity index (χ0n) is 13.1. The van der Waals surface area contributed by atoms with E-state index in [2.05, 4.69) is 31.1 Å². The molecule has 23 heavy (non-hydrogen) atoms. The van der Waals surface area contributed by atoms with E-state index in [0.717, 1.165) is 41.8 Å². The SMILES string of the molecule is CC(NC(=O)c1cccnc1N1CCCC1)c1ccccc1Br. The predicted octanol–water partition coefficient (Wildman–Crippen LogP) is 3.94. The van der Waals surface area contributed by atoms with Crippen molar-refractivity contribution in [1.29, 1.82) is 0 Å². The number of anilines is 1. The van der Waals surface area contributed by atoms with Gasteiger partial charge in [-0.3, -0.25) is 4.79 Å². The molecule has 0 spiro atoms. The van der Waals surface area contributed by atoms with Gasteiger partial charge in [-0.05, 0) is 43.5 Å². The van der Waals surface area contributed by atoms with Crippen molar-refractivity contribution in [3.8, 4) is 0 Å². The summed E-state index contributed by atoms with van der Waals surface area (Å²) in [7, 11) is 0. The summed E-state index contributed by atoms with van der Waals surface area (Å²) in [4.78, 5) is 19.4. The topological polar surface area (TPSA) is 45.2 Å². The minimum atomic E-state index is -0.0803. The molecule has 5 heteroatoms. The monoisotopic (exact) mass is 373 g/mol. The average molecular weight is 374 g/mol. The normalized spacial score (nSPS) is 15.5. The second-order valence-corrected chi connectivity index (χ2v) is 6.64. The largest absolute Gasteiger partial charge is 0.356 e. The van der Waals surface area contributed by atoms with Gasteiger partial charge >= 0.3 is 0 Å². The van der Waals surface area contributed by atoms with Crippen LogP contribution in [0.2, 0.25) is 0 Å². The number of carbonyl (C=O) groups excluding carboxylic acids is 1. The zero-order chi connectivity index (χ0) is 16.2. The van der Waals surface area contributed by atoms with Crippen LogP contribution in [-0.4, -0.2) is 24.0 Å². The number of halogens is 1. The van der Waals surface area contributed by atoms with Crippen molar-refractivity contribution in [2.45, 2.75) is 25.8 Å². The van der Waals surface area contributed by atoms with Gasteiger partial charge in [0.05, 0.1) is 11.6 Å². The van der Waals surface area contributed by atoms with E-state index in [-0.39, 0.29) is 11.9 Å². The maximum Gasteiger partial charge on any atom is 0.255 e. The molecule has 1 aromatic carbocycles. The fourth-order valence-electron chi connectivity index (χ4n) is 2.93. The van der Waals surface area contributed by atoms with E-state index in [9.17, 15) is 4.79 Å². The number of benzene rings is 1. The predicted molar refractivity (Wildman–Crippen MR) is 95.7 cm³/mol. The smallest absolute Gasteiger partial charge is 0.255 e. The number of hydrogen-bond acceptors (Lipinski definition) is 3. The molecule has 0 bridgehead atoms. The minimum Gasteiger partial charge on any atom is -0.356 e. The Balaban J connectivity index is 1.80. The van der Waals surface area contributed by atoms with Crippen LogP contribution in [0.1, 0.15) is 41.7 Å². The third kappa shape index (κ3) is 3.55. The quantitative estimate of drug-likeness (QED) is 0.882. The van der Waals surface area contributed by atoms with E-state index >= 15 is 0 Å². The molecule has 2 aromatic rings. The van der Waals surface area contributed by atoms with E-state index < -0.39 is 0 Å². The van der Waals surface area contributed by atoms with Gasteiger partial charge in [-0.1, -0.05) is 34.1 Å². The fourth-order valence-corrected chi connectivity index (χ4v) is 3.56. The first-order valence-corrected chi connectivity index (χ1v) is 8.71. The van der Waals surface area contributed by atoms with Crippen LogP contribution in [-0.2, 0) is 0 Å². The van der Waals surface area contributed by atoms with Crippen molar-refractivity contribution in [3.63, 3.8) is 0 Å². The Hall–Kier alpha value is -1.88. The third-order valence-electron chi connectivity index (χ3n) is 4.16. The lowest BCUT2D eigenvalue weighted by Gasteiger charge is -2.21. The van der Waals surface area contributed by atoms with Crippen LogP contribution in [0.4, 0.5) is 5.82 Å². The molecule has 1 aliphatic heterocycles. The fraction of sp³-hybridized carbons (Fsp3) is 0.333. The lowest BCUT2D eigenvalue weighted by atomic mass is 10.1. The number of hydrogen-bond donors (Lipinski definition) is 1. The standard InChI is InChI=1S/C18H20BrN3O/c1-13(14-7-2-3-9-16(14)19)21-18(23)15-8-6-10-20-17(15)22-11-4-5-12-22/h2-3,6-10,13H,4-5,11-12H2,1H3,(H,21,23). The molecule has 1 amide bonds. The van der Waals surface area contributed by atoms with Gasteiger partial charge in [0.15, 0.2) is 0 Å². The highest BCUT2D eigenvalue weighted by Gasteiger charge is 2.22. The van der Waals surface area contributed by atoms with Gasteiger partial charge in [-0.2, -0.15) is 0 Å². The molecule has 3 rings (SSSR count). The van der Waals surface area contributed by atoms with Crippen molar-refractivity contribution in [1.82, 2.24) is 10.3 Å². The number of carbonyl (C=O) groups is 1. The lowest BCUT2D eigenvalue weighted by molar-refractivity contribution is 0.0940. The van der Waals surface area contributed by atoms with E-state index in [1.807, 2.05) is 43.3 Å². The highest BCUT2D eigenvalue weighted by atomic mass is 79.9. The second-order valence-electron chi connectivity index (χ2n) is 5.79. The van der Waals surface area contributed by atoms with Crippen LogP contribution in [0.3, 0.4) is 0 Å². The maximum absolute atomic E-state index is 12.7. The van der Waals surface area contributed by atoms with Gasteiger partial charge in [0.25, 0.3) is 5.91 Å². The van der Waals surface area contributed by atoms with Crippen molar-refractivity contribution < 1.29 is 4.79 Å². The zero-order valence-corrected chi connectivity index (χ0v) is 14.7. The van der Waals surface area contributed by atoms with Crippen LogP contribution in [0, 0.1) is 0 Å². The minimum absolute atomic E-state index is 0.0790. The van der Waals surface area contributed by atoms with Crippen molar-refractivity contribution in [2.75, 3.05) is 18.0 Å². The highest BCUT2D eigenvalue weighted by Crippen LogP contribution is 2.25. The molecule has 1 N–H and O–H groups in total. The van der Waals surface area contributed by atoms with Crippen molar-refractivity contribution in [3.05, 3.63) is 58.2 Å². The van der Waals surface area contributed by atoms with E-state index in [0.29, 0.717) is 5.56 Å². The molecule has 2 heterocycles. The first kappa shape index (κ1) is 16.0. The molecule has 0 radical (unpaired) electrons. The summed E-state index contributed by atoms with van der Waals surface area (Å²) in [5.41, 5.74) is 1.71. The average Bonchev–Trinajstić information content (AvgIpc) is 3.09. The summed E-state index contributed by atoms with van der Waals surface area (Å²) in [6, 6.07) is 11.5. The Labute approximate surface area is 145 Å². The highest BCUT2D eigenvalue weighted by molar-refractivity contribution is 9.10. The summed E-state index contributed by atoms with van der Waals surface area (Å²) >= 11 is 3.54. The summed E-state index contributed by atoms with van der Waals surface area (Å²) in [5.74, 6) is 0.713. The first-order chi connectivity index (χ1) is 11.2. The van der Waals surface area contributed by atoms with Crippen LogP contribution >= 0.6 is 15.9 Å². The molecule has 1 fully saturated rings. The number of aromatic nitrogens is 1. The Morgan fingerprint density at radius 1 is 1.22 bits per heavy atom. The lowest BCUT2D eigenvalue weighted by Crippen LogP contribution is -2.30. The first-order valence-electron chi connectivity index (χ1n) is 7.92. The summed E-state index contributed by atoms with van der Waals surface area (Å²) in [6.07, 6.45) is 4.07. The van der Waals surface area contributed by atoms with Crippen LogP contribution in [0.15, 0.2) is 47.1 Å². The molecule has 1 aromatic heterocycles. The Morgan fingerprint density at radius 3 is 2.70 bits per heavy atom. The van der Waals surface area contributed by atoms with Crippen molar-refractivity contribution >= 4 is 27.7 Å². The molecule has 1 saturated heterocycles. The molecule has 120 valence electrons. The van der Waals surface area contributed by atoms with Gasteiger partial charge in [0.1, 0.15) is 5.82 Å². The Morgan fingerprint density at radius 2 is 1.96 bits per heavy atom. The van der Waals surface area contributed by atoms with Crippen molar-refractivity contribution in [2.24, 2.45) is 0 Å². The maximum atomic E-state index is 12.7. The Kier molecular flexibility index (Phi) is 4.96. The van der Waals surface area contributed by atoms with Gasteiger partial charge in [0.2, 0.25) is 0 Å². The van der Waals surface area contributed by atoms with E-state index in [4.69, 9.17) is 0 Å². The van der Waals surface area contributed by atoms with Gasteiger partial charge in [0, 0.05) is 23.8 Å². The van der Waals surface area contributed by atoms with Crippen LogP contribution in [0.5, 0.6) is 0 Å². The summed E-state index contributed by atoms with van der Waals surface area (Å²) in [5, 5.41) is 3.08. The number of rotatable bonds is 4. The van der Waals surface area contributed by atoms with Gasteiger partial charge < -0.3 is 10.2 Å². The number of nitrogens with zero attached hydrogens (tertiary/aromatic N) is 2. The molecule has 1 atom stereocenters. The molecular weight excluding hydrogens is 354 g/mol. The summed E-state index contributed by atoms with van der Waals surface area (Å²) < 4.78 is 0.999. The van der Waals surface area contributed by atoms with Gasteiger partial charge in [-0.25, -0.2) is 4.98 Å². The summed E-state index contributed by atoms with van der Waals surface area (Å²) in [6.45, 7) is 3.93. The molecule has 0 saturated carbocycles. The molecule has 1 unspecified atom stereocenters. The van der Waals surface area contributed by atoms with E-state index in [1.54, 1.807) is 6.20 Å². The van der Waals surface area contributed by atoms with Crippen LogP contribution < -0.4 is 10.2 Å².